The van der Waals surface area contributed by atoms with Crippen LogP contribution in [0.25, 0.3) is 0 Å². The van der Waals surface area contributed by atoms with E-state index in [0.717, 1.165) is 0 Å². The highest BCUT2D eigenvalue weighted by Gasteiger charge is 2.45. The van der Waals surface area contributed by atoms with Gasteiger partial charge in [-0.1, -0.05) is 25.4 Å². The molecule has 5 heteroatoms. The lowest BCUT2D eigenvalue weighted by atomic mass is 10.1. The molecule has 16 heavy (non-hydrogen) atoms. The van der Waals surface area contributed by atoms with E-state index in [4.69, 9.17) is 11.6 Å². The van der Waals surface area contributed by atoms with Gasteiger partial charge in [0.25, 0.3) is 5.91 Å². The van der Waals surface area contributed by atoms with E-state index in [0.29, 0.717) is 28.7 Å². The molecule has 1 N–H and O–H groups in total. The highest BCUT2D eigenvalue weighted by Crippen LogP contribution is 2.50. The zero-order valence-electron chi connectivity index (χ0n) is 9.33. The second-order valence-electron chi connectivity index (χ2n) is 4.82. The molecule has 1 amide bonds. The molecule has 0 saturated heterocycles. The molecule has 1 unspecified atom stereocenters. The Morgan fingerprint density at radius 2 is 2.25 bits per heavy atom. The molecule has 1 aliphatic carbocycles. The predicted molar refractivity (Wildman–Crippen MR) is 61.3 cm³/mol. The molecule has 0 radical (unpaired) electrons. The van der Waals surface area contributed by atoms with E-state index in [1.807, 2.05) is 0 Å². The van der Waals surface area contributed by atoms with Gasteiger partial charge >= 0.3 is 0 Å². The smallest absolute Gasteiger partial charge is 0.271 e. The van der Waals surface area contributed by atoms with Gasteiger partial charge in [0.1, 0.15) is 10.8 Å². The minimum atomic E-state index is -0.188. The van der Waals surface area contributed by atoms with E-state index in [1.165, 1.54) is 18.8 Å². The van der Waals surface area contributed by atoms with Crippen LogP contribution in [0.4, 0.5) is 0 Å². The number of halogens is 1. The number of hydrogen-bond donors (Lipinski definition) is 1. The lowest BCUT2D eigenvalue weighted by molar-refractivity contribution is 0.0945. The number of carbonyl (C=O) groups excluding carboxylic acids is 1. The Bertz CT molecular complexity index is 402. The van der Waals surface area contributed by atoms with Crippen LogP contribution >= 0.6 is 11.6 Å². The molecule has 0 spiro atoms. The lowest BCUT2D eigenvalue weighted by Crippen LogP contribution is -2.27. The second kappa shape index (κ2) is 4.01. The van der Waals surface area contributed by atoms with Crippen LogP contribution in [0, 0.1) is 11.3 Å². The number of amides is 1. The third-order valence-electron chi connectivity index (χ3n) is 3.08. The van der Waals surface area contributed by atoms with Crippen molar-refractivity contribution in [2.24, 2.45) is 11.3 Å². The fourth-order valence-electron chi connectivity index (χ4n) is 1.66. The normalized spacial score (nSPS) is 21.6. The van der Waals surface area contributed by atoms with Crippen LogP contribution in [-0.2, 0) is 0 Å². The number of nitrogens with one attached hydrogen (secondary N) is 1. The van der Waals surface area contributed by atoms with Gasteiger partial charge in [-0.3, -0.25) is 4.79 Å². The zero-order valence-corrected chi connectivity index (χ0v) is 10.1. The Morgan fingerprint density at radius 3 is 2.75 bits per heavy atom. The molecule has 1 aliphatic rings. The predicted octanol–water partition coefficient (Wildman–Crippen LogP) is 1.91. The summed E-state index contributed by atoms with van der Waals surface area (Å²) in [4.78, 5) is 19.4. The van der Waals surface area contributed by atoms with Crippen LogP contribution in [0.3, 0.4) is 0 Å². The molecule has 1 aromatic rings. The summed E-state index contributed by atoms with van der Waals surface area (Å²) in [5.41, 5.74) is 0.682. The topological polar surface area (TPSA) is 54.9 Å². The number of nitrogens with zero attached hydrogens (tertiary/aromatic N) is 2. The molecule has 1 aromatic heterocycles. The molecular formula is C11H14ClN3O. The van der Waals surface area contributed by atoms with Crippen LogP contribution in [0.2, 0.25) is 5.15 Å². The van der Waals surface area contributed by atoms with Crippen molar-refractivity contribution in [2.45, 2.75) is 20.3 Å². The lowest BCUT2D eigenvalue weighted by Gasteiger charge is -2.05. The van der Waals surface area contributed by atoms with Gasteiger partial charge in [0.2, 0.25) is 0 Å². The SMILES string of the molecule is CC1(C)CC1CNC(=O)c1cnc(Cl)cn1. The van der Waals surface area contributed by atoms with Gasteiger partial charge in [0.05, 0.1) is 12.4 Å². The average molecular weight is 240 g/mol. The fourth-order valence-corrected chi connectivity index (χ4v) is 1.76. The Morgan fingerprint density at radius 1 is 1.56 bits per heavy atom. The van der Waals surface area contributed by atoms with Gasteiger partial charge in [-0.05, 0) is 17.8 Å². The number of carbonyl (C=O) groups is 1. The van der Waals surface area contributed by atoms with E-state index < -0.39 is 0 Å². The van der Waals surface area contributed by atoms with Crippen LogP contribution in [-0.4, -0.2) is 22.4 Å². The summed E-state index contributed by atoms with van der Waals surface area (Å²) in [6.07, 6.45) is 3.92. The van der Waals surface area contributed by atoms with E-state index in [-0.39, 0.29) is 5.91 Å². The van der Waals surface area contributed by atoms with Crippen molar-refractivity contribution in [3.63, 3.8) is 0 Å². The molecule has 1 saturated carbocycles. The zero-order chi connectivity index (χ0) is 11.8. The molecule has 1 fully saturated rings. The highest BCUT2D eigenvalue weighted by molar-refractivity contribution is 6.29. The van der Waals surface area contributed by atoms with Crippen molar-refractivity contribution in [1.29, 1.82) is 0 Å². The first-order valence-electron chi connectivity index (χ1n) is 5.25. The minimum Gasteiger partial charge on any atom is -0.350 e. The van der Waals surface area contributed by atoms with Crippen LogP contribution in [0.5, 0.6) is 0 Å². The van der Waals surface area contributed by atoms with E-state index in [9.17, 15) is 4.79 Å². The van der Waals surface area contributed by atoms with Crippen LogP contribution in [0.15, 0.2) is 12.4 Å². The van der Waals surface area contributed by atoms with Crippen molar-refractivity contribution in [1.82, 2.24) is 15.3 Å². The Kier molecular flexibility index (Phi) is 2.84. The summed E-state index contributed by atoms with van der Waals surface area (Å²) in [5, 5.41) is 3.14. The largest absolute Gasteiger partial charge is 0.350 e. The number of aromatic nitrogens is 2. The van der Waals surface area contributed by atoms with Crippen LogP contribution in [0.1, 0.15) is 30.8 Å². The molecule has 2 rings (SSSR count). The van der Waals surface area contributed by atoms with Gasteiger partial charge in [-0.25, -0.2) is 9.97 Å². The maximum atomic E-state index is 11.6. The minimum absolute atomic E-state index is 0.188. The molecular weight excluding hydrogens is 226 g/mol. The van der Waals surface area contributed by atoms with E-state index in [1.54, 1.807) is 0 Å². The summed E-state index contributed by atoms with van der Waals surface area (Å²) in [6, 6.07) is 0. The van der Waals surface area contributed by atoms with E-state index in [2.05, 4.69) is 29.1 Å². The van der Waals surface area contributed by atoms with Crippen molar-refractivity contribution < 1.29 is 4.79 Å². The number of rotatable bonds is 3. The maximum absolute atomic E-state index is 11.6. The van der Waals surface area contributed by atoms with Gasteiger partial charge in [-0.15, -0.1) is 0 Å². The first kappa shape index (κ1) is 11.3. The standard InChI is InChI=1S/C11H14ClN3O/c1-11(2)3-7(11)4-15-10(16)8-5-14-9(12)6-13-8/h5-7H,3-4H2,1-2H3,(H,15,16). The van der Waals surface area contributed by atoms with Crippen molar-refractivity contribution in [2.75, 3.05) is 6.54 Å². The van der Waals surface area contributed by atoms with Gasteiger partial charge in [-0.2, -0.15) is 0 Å². The maximum Gasteiger partial charge on any atom is 0.271 e. The summed E-state index contributed by atoms with van der Waals surface area (Å²) >= 11 is 5.59. The van der Waals surface area contributed by atoms with E-state index >= 15 is 0 Å². The Labute approximate surface area is 99.4 Å². The third-order valence-corrected chi connectivity index (χ3v) is 3.27. The quantitative estimate of drug-likeness (QED) is 0.877. The van der Waals surface area contributed by atoms with Crippen LogP contribution < -0.4 is 5.32 Å². The summed E-state index contributed by atoms with van der Waals surface area (Å²) < 4.78 is 0. The fraction of sp³-hybridized carbons (Fsp3) is 0.545. The molecule has 0 aromatic carbocycles. The van der Waals surface area contributed by atoms with Gasteiger partial charge < -0.3 is 5.32 Å². The Hall–Kier alpha value is -1.16. The molecule has 86 valence electrons. The van der Waals surface area contributed by atoms with Crippen molar-refractivity contribution >= 4 is 17.5 Å². The number of hydrogen-bond acceptors (Lipinski definition) is 3. The summed E-state index contributed by atoms with van der Waals surface area (Å²) in [6.45, 7) is 5.11. The molecule has 0 aliphatic heterocycles. The summed E-state index contributed by atoms with van der Waals surface area (Å²) in [7, 11) is 0. The highest BCUT2D eigenvalue weighted by atomic mass is 35.5. The summed E-state index contributed by atoms with van der Waals surface area (Å²) in [5.74, 6) is 0.392. The first-order valence-corrected chi connectivity index (χ1v) is 5.62. The average Bonchev–Trinajstić information content (AvgIpc) is 2.84. The third kappa shape index (κ3) is 2.50. The molecule has 0 bridgehead atoms. The molecule has 4 nitrogen and oxygen atoms in total. The first-order chi connectivity index (χ1) is 7.49. The van der Waals surface area contributed by atoms with Gasteiger partial charge in [0.15, 0.2) is 0 Å². The Balaban J connectivity index is 1.87. The van der Waals surface area contributed by atoms with Crippen molar-refractivity contribution in [3.8, 4) is 0 Å². The van der Waals surface area contributed by atoms with Gasteiger partial charge in [0, 0.05) is 6.54 Å². The van der Waals surface area contributed by atoms with Crippen molar-refractivity contribution in [3.05, 3.63) is 23.2 Å². The second-order valence-corrected chi connectivity index (χ2v) is 5.21. The molecule has 1 heterocycles. The monoisotopic (exact) mass is 239 g/mol. The molecule has 1 atom stereocenters.